The minimum Gasteiger partial charge on any atom is -0.394 e. The van der Waals surface area contributed by atoms with E-state index >= 15 is 0 Å². The highest BCUT2D eigenvalue weighted by Gasteiger charge is 2.17. The van der Waals surface area contributed by atoms with Crippen molar-refractivity contribution in [1.29, 1.82) is 0 Å². The largest absolute Gasteiger partial charge is 0.394 e. The first-order valence-corrected chi connectivity index (χ1v) is 22.4. The maximum atomic E-state index is 12.3. The molecule has 0 aromatic rings. The van der Waals surface area contributed by atoms with Crippen molar-refractivity contribution < 1.29 is 15.0 Å². The number of carbonyl (C=O) groups is 1. The zero-order valence-electron chi connectivity index (χ0n) is 33.5. The zero-order chi connectivity index (χ0) is 35.7. The van der Waals surface area contributed by atoms with Gasteiger partial charge >= 0.3 is 0 Å². The van der Waals surface area contributed by atoms with Gasteiger partial charge in [-0.25, -0.2) is 0 Å². The molecule has 4 nitrogen and oxygen atoms in total. The van der Waals surface area contributed by atoms with Gasteiger partial charge in [-0.1, -0.05) is 238 Å². The number of allylic oxidation sites excluding steroid dienone is 1. The van der Waals surface area contributed by atoms with Crippen molar-refractivity contribution in [1.82, 2.24) is 5.32 Å². The number of aliphatic hydroxyl groups excluding tert-OH is 2. The summed E-state index contributed by atoms with van der Waals surface area (Å²) in [6, 6.07) is -0.615. The molecule has 0 aliphatic carbocycles. The van der Waals surface area contributed by atoms with Crippen LogP contribution in [-0.2, 0) is 4.79 Å². The standard InChI is InChI=1S/C45H89NO3/c1-3-5-7-9-11-13-15-16-17-18-19-20-21-22-23-24-25-26-27-28-29-30-31-33-35-37-39-41-45(49)46-43(42-47)44(48)40-38-36-34-32-14-12-10-8-6-4-2/h38,40,43-44,47-48H,3-37,39,41-42H2,1-2H3,(H,46,49)/b40-38+/t43-,44+/m0/s1. The second-order valence-corrected chi connectivity index (χ2v) is 15.5. The Labute approximate surface area is 307 Å². The zero-order valence-corrected chi connectivity index (χ0v) is 33.5. The molecular formula is C45H89NO3. The number of aliphatic hydroxyl groups is 2. The summed E-state index contributed by atoms with van der Waals surface area (Å²) in [7, 11) is 0. The van der Waals surface area contributed by atoms with E-state index in [2.05, 4.69) is 19.2 Å². The Morgan fingerprint density at radius 3 is 1.06 bits per heavy atom. The highest BCUT2D eigenvalue weighted by Crippen LogP contribution is 2.16. The third kappa shape index (κ3) is 38.2. The van der Waals surface area contributed by atoms with Crippen LogP contribution in [0.15, 0.2) is 12.2 Å². The molecule has 0 heterocycles. The van der Waals surface area contributed by atoms with Crippen molar-refractivity contribution in [2.45, 2.75) is 264 Å². The van der Waals surface area contributed by atoms with Crippen LogP contribution < -0.4 is 5.32 Å². The predicted molar refractivity (Wildman–Crippen MR) is 216 cm³/mol. The van der Waals surface area contributed by atoms with Crippen LogP contribution in [0.5, 0.6) is 0 Å². The van der Waals surface area contributed by atoms with Gasteiger partial charge in [0.25, 0.3) is 0 Å². The molecule has 0 rings (SSSR count). The SMILES string of the molecule is CCCCCCCCCC/C=C/[C@@H](O)[C@H](CO)NC(=O)CCCCCCCCCCCCCCCCCCCCCCCCCCCCC. The van der Waals surface area contributed by atoms with Crippen molar-refractivity contribution in [2.75, 3.05) is 6.61 Å². The normalized spacial score (nSPS) is 13.0. The van der Waals surface area contributed by atoms with Crippen molar-refractivity contribution in [3.05, 3.63) is 12.2 Å². The Bertz CT molecular complexity index is 666. The summed E-state index contributed by atoms with van der Waals surface area (Å²) in [5.74, 6) is -0.0610. The van der Waals surface area contributed by atoms with E-state index in [1.807, 2.05) is 6.08 Å². The first kappa shape index (κ1) is 48.1. The second-order valence-electron chi connectivity index (χ2n) is 15.5. The molecule has 0 saturated heterocycles. The molecule has 0 saturated carbocycles. The topological polar surface area (TPSA) is 69.6 Å². The van der Waals surface area contributed by atoms with Gasteiger partial charge in [-0.05, 0) is 19.3 Å². The van der Waals surface area contributed by atoms with Gasteiger partial charge in [0, 0.05) is 6.42 Å². The van der Waals surface area contributed by atoms with Crippen LogP contribution in [0.3, 0.4) is 0 Å². The third-order valence-electron chi connectivity index (χ3n) is 10.5. The van der Waals surface area contributed by atoms with E-state index in [-0.39, 0.29) is 12.5 Å². The molecule has 1 amide bonds. The van der Waals surface area contributed by atoms with E-state index in [1.165, 1.54) is 205 Å². The molecular weight excluding hydrogens is 602 g/mol. The average Bonchev–Trinajstić information content (AvgIpc) is 3.10. The number of amides is 1. The van der Waals surface area contributed by atoms with Gasteiger partial charge in [0.05, 0.1) is 18.8 Å². The lowest BCUT2D eigenvalue weighted by atomic mass is 10.0. The van der Waals surface area contributed by atoms with Gasteiger partial charge in [-0.2, -0.15) is 0 Å². The minimum absolute atomic E-state index is 0.0610. The molecule has 0 aliphatic heterocycles. The lowest BCUT2D eigenvalue weighted by Crippen LogP contribution is -2.45. The Balaban J connectivity index is 3.41. The predicted octanol–water partition coefficient (Wildman–Crippen LogP) is 13.9. The van der Waals surface area contributed by atoms with Gasteiger partial charge in [0.1, 0.15) is 0 Å². The summed E-state index contributed by atoms with van der Waals surface area (Å²) >= 11 is 0. The summed E-state index contributed by atoms with van der Waals surface area (Å²) in [6.45, 7) is 4.31. The monoisotopic (exact) mass is 692 g/mol. The molecule has 0 spiro atoms. The van der Waals surface area contributed by atoms with E-state index in [4.69, 9.17) is 0 Å². The van der Waals surface area contributed by atoms with Crippen molar-refractivity contribution >= 4 is 5.91 Å². The molecule has 2 atom stereocenters. The summed E-state index contributed by atoms with van der Waals surface area (Å²) in [5.41, 5.74) is 0. The van der Waals surface area contributed by atoms with Crippen LogP contribution in [0.25, 0.3) is 0 Å². The smallest absolute Gasteiger partial charge is 0.220 e. The molecule has 0 unspecified atom stereocenters. The number of hydrogen-bond donors (Lipinski definition) is 3. The quantitative estimate of drug-likeness (QED) is 0.0441. The number of unbranched alkanes of at least 4 members (excludes halogenated alkanes) is 34. The highest BCUT2D eigenvalue weighted by molar-refractivity contribution is 5.76. The van der Waals surface area contributed by atoms with Crippen LogP contribution >= 0.6 is 0 Å². The molecule has 0 radical (unpaired) electrons. The first-order chi connectivity index (χ1) is 24.2. The maximum Gasteiger partial charge on any atom is 0.220 e. The van der Waals surface area contributed by atoms with E-state index in [9.17, 15) is 15.0 Å². The van der Waals surface area contributed by atoms with E-state index in [0.29, 0.717) is 6.42 Å². The molecule has 0 fully saturated rings. The molecule has 292 valence electrons. The fraction of sp³-hybridized carbons (Fsp3) is 0.933. The van der Waals surface area contributed by atoms with Crippen molar-refractivity contribution in [3.8, 4) is 0 Å². The van der Waals surface area contributed by atoms with Crippen LogP contribution in [-0.4, -0.2) is 34.9 Å². The molecule has 0 aromatic heterocycles. The maximum absolute atomic E-state index is 12.3. The van der Waals surface area contributed by atoms with Gasteiger partial charge in [0.15, 0.2) is 0 Å². The molecule has 4 heteroatoms. The van der Waals surface area contributed by atoms with Crippen LogP contribution in [0, 0.1) is 0 Å². The van der Waals surface area contributed by atoms with E-state index in [1.54, 1.807) is 6.08 Å². The third-order valence-corrected chi connectivity index (χ3v) is 10.5. The van der Waals surface area contributed by atoms with Gasteiger partial charge in [-0.3, -0.25) is 4.79 Å². The van der Waals surface area contributed by atoms with Crippen molar-refractivity contribution in [3.63, 3.8) is 0 Å². The number of rotatable bonds is 41. The molecule has 0 aliphatic rings. The highest BCUT2D eigenvalue weighted by atomic mass is 16.3. The van der Waals surface area contributed by atoms with E-state index in [0.717, 1.165) is 25.7 Å². The first-order valence-electron chi connectivity index (χ1n) is 22.4. The summed E-state index contributed by atoms with van der Waals surface area (Å²) < 4.78 is 0. The van der Waals surface area contributed by atoms with Gasteiger partial charge < -0.3 is 15.5 Å². The molecule has 49 heavy (non-hydrogen) atoms. The van der Waals surface area contributed by atoms with Crippen LogP contribution in [0.4, 0.5) is 0 Å². The summed E-state index contributed by atoms with van der Waals surface area (Å²) in [6.07, 6.45) is 52.0. The fourth-order valence-electron chi connectivity index (χ4n) is 7.06. The second kappa shape index (κ2) is 41.5. The van der Waals surface area contributed by atoms with Crippen molar-refractivity contribution in [2.24, 2.45) is 0 Å². The number of hydrogen-bond acceptors (Lipinski definition) is 3. The lowest BCUT2D eigenvalue weighted by Gasteiger charge is -2.20. The summed E-state index contributed by atoms with van der Waals surface area (Å²) in [5, 5.41) is 22.9. The molecule has 0 bridgehead atoms. The van der Waals surface area contributed by atoms with Gasteiger partial charge in [-0.15, -0.1) is 0 Å². The van der Waals surface area contributed by atoms with E-state index < -0.39 is 12.1 Å². The summed E-state index contributed by atoms with van der Waals surface area (Å²) in [4.78, 5) is 12.3. The Morgan fingerprint density at radius 2 is 0.755 bits per heavy atom. The van der Waals surface area contributed by atoms with Crippen LogP contribution in [0.2, 0.25) is 0 Å². The fourth-order valence-corrected chi connectivity index (χ4v) is 7.06. The average molecular weight is 692 g/mol. The van der Waals surface area contributed by atoms with Crippen LogP contribution in [0.1, 0.15) is 251 Å². The molecule has 3 N–H and O–H groups in total. The number of nitrogens with one attached hydrogen (secondary N) is 1. The lowest BCUT2D eigenvalue weighted by molar-refractivity contribution is -0.123. The minimum atomic E-state index is -0.832. The Hall–Kier alpha value is -0.870. The Morgan fingerprint density at radius 1 is 0.469 bits per heavy atom. The Kier molecular flexibility index (Phi) is 40.8. The molecule has 0 aromatic carbocycles. The van der Waals surface area contributed by atoms with Gasteiger partial charge in [0.2, 0.25) is 5.91 Å². The number of carbonyl (C=O) groups excluding carboxylic acids is 1.